The molecule has 1 unspecified atom stereocenters. The molecule has 0 radical (unpaired) electrons. The number of halogens is 1. The summed E-state index contributed by atoms with van der Waals surface area (Å²) in [7, 11) is 1.30. The standard InChI is InChI=1S/C22H25BrN2O5/c1-22(2,3)30-21(28)24-17-7-5-6-15(12-17)20(27)25-18(13-19(26)29-4)14-8-10-16(23)11-9-14/h5-12,18H,13H2,1-4H3,(H,24,28)(H,25,27). The van der Waals surface area contributed by atoms with E-state index in [4.69, 9.17) is 9.47 Å². The maximum Gasteiger partial charge on any atom is 0.412 e. The minimum absolute atomic E-state index is 0.0142. The smallest absolute Gasteiger partial charge is 0.412 e. The number of amides is 2. The first-order chi connectivity index (χ1) is 14.1. The van der Waals surface area contributed by atoms with E-state index >= 15 is 0 Å². The second kappa shape index (κ2) is 10.2. The van der Waals surface area contributed by atoms with Crippen molar-refractivity contribution in [2.75, 3.05) is 12.4 Å². The third-order valence-electron chi connectivity index (χ3n) is 3.95. The van der Waals surface area contributed by atoms with Gasteiger partial charge in [0.2, 0.25) is 0 Å². The summed E-state index contributed by atoms with van der Waals surface area (Å²) in [4.78, 5) is 36.6. The van der Waals surface area contributed by atoms with Crippen LogP contribution in [0.4, 0.5) is 10.5 Å². The quantitative estimate of drug-likeness (QED) is 0.582. The number of hydrogen-bond acceptors (Lipinski definition) is 5. The molecule has 0 bridgehead atoms. The fourth-order valence-electron chi connectivity index (χ4n) is 2.60. The summed E-state index contributed by atoms with van der Waals surface area (Å²) in [6, 6.07) is 13.2. The van der Waals surface area contributed by atoms with Crippen LogP contribution in [0.1, 0.15) is 49.2 Å². The molecular weight excluding hydrogens is 452 g/mol. The minimum Gasteiger partial charge on any atom is -0.469 e. The Morgan fingerprint density at radius 1 is 1.07 bits per heavy atom. The molecule has 0 saturated heterocycles. The molecule has 0 aromatic heterocycles. The molecule has 0 saturated carbocycles. The van der Waals surface area contributed by atoms with E-state index in [0.29, 0.717) is 11.3 Å². The van der Waals surface area contributed by atoms with E-state index in [0.717, 1.165) is 10.0 Å². The summed E-state index contributed by atoms with van der Waals surface area (Å²) in [5, 5.41) is 5.46. The minimum atomic E-state index is -0.634. The predicted octanol–water partition coefficient (Wildman–Crippen LogP) is 4.83. The second-order valence-electron chi connectivity index (χ2n) is 7.57. The molecule has 30 heavy (non-hydrogen) atoms. The van der Waals surface area contributed by atoms with Crippen molar-refractivity contribution in [1.29, 1.82) is 0 Å². The van der Waals surface area contributed by atoms with E-state index in [-0.39, 0.29) is 12.3 Å². The Morgan fingerprint density at radius 2 is 1.73 bits per heavy atom. The Bertz CT molecular complexity index is 906. The summed E-state index contributed by atoms with van der Waals surface area (Å²) in [6.07, 6.45) is -0.627. The van der Waals surface area contributed by atoms with Gasteiger partial charge in [-0.15, -0.1) is 0 Å². The van der Waals surface area contributed by atoms with Crippen LogP contribution in [0.2, 0.25) is 0 Å². The van der Waals surface area contributed by atoms with Crippen LogP contribution in [-0.4, -0.2) is 30.7 Å². The Balaban J connectivity index is 2.15. The van der Waals surface area contributed by atoms with Gasteiger partial charge in [-0.1, -0.05) is 34.1 Å². The van der Waals surface area contributed by atoms with Crippen molar-refractivity contribution in [3.05, 3.63) is 64.1 Å². The monoisotopic (exact) mass is 476 g/mol. The molecule has 0 aliphatic rings. The van der Waals surface area contributed by atoms with Gasteiger partial charge in [-0.05, 0) is 56.7 Å². The van der Waals surface area contributed by atoms with E-state index in [1.807, 2.05) is 24.3 Å². The van der Waals surface area contributed by atoms with Gasteiger partial charge in [-0.3, -0.25) is 14.9 Å². The summed E-state index contributed by atoms with van der Waals surface area (Å²) in [5.74, 6) is -0.830. The Hall–Kier alpha value is -2.87. The number of carbonyl (C=O) groups excluding carboxylic acids is 3. The molecule has 0 heterocycles. The van der Waals surface area contributed by atoms with Crippen LogP contribution in [0.3, 0.4) is 0 Å². The molecule has 2 aromatic rings. The first-order valence-electron chi connectivity index (χ1n) is 9.30. The molecule has 0 aliphatic heterocycles. The van der Waals surface area contributed by atoms with Crippen LogP contribution in [0.15, 0.2) is 53.0 Å². The summed E-state index contributed by atoms with van der Waals surface area (Å²) in [6.45, 7) is 5.29. The number of esters is 1. The fraction of sp³-hybridized carbons (Fsp3) is 0.318. The van der Waals surface area contributed by atoms with Crippen molar-refractivity contribution < 1.29 is 23.9 Å². The molecule has 2 aromatic carbocycles. The van der Waals surface area contributed by atoms with Gasteiger partial charge in [-0.25, -0.2) is 4.79 Å². The third kappa shape index (κ3) is 7.51. The van der Waals surface area contributed by atoms with E-state index in [9.17, 15) is 14.4 Å². The zero-order chi connectivity index (χ0) is 22.3. The highest BCUT2D eigenvalue weighted by Gasteiger charge is 2.21. The molecule has 0 fully saturated rings. The average molecular weight is 477 g/mol. The van der Waals surface area contributed by atoms with Crippen molar-refractivity contribution in [2.24, 2.45) is 0 Å². The lowest BCUT2D eigenvalue weighted by molar-refractivity contribution is -0.141. The van der Waals surface area contributed by atoms with Crippen LogP contribution in [0, 0.1) is 0 Å². The lowest BCUT2D eigenvalue weighted by Gasteiger charge is -2.20. The van der Waals surface area contributed by atoms with Crippen molar-refractivity contribution in [2.45, 2.75) is 38.8 Å². The van der Waals surface area contributed by atoms with Gasteiger partial charge in [0, 0.05) is 15.7 Å². The van der Waals surface area contributed by atoms with E-state index in [1.165, 1.54) is 13.2 Å². The fourth-order valence-corrected chi connectivity index (χ4v) is 2.86. The molecule has 2 amide bonds. The van der Waals surface area contributed by atoms with Crippen LogP contribution < -0.4 is 10.6 Å². The number of nitrogens with one attached hydrogen (secondary N) is 2. The van der Waals surface area contributed by atoms with Crippen LogP contribution in [0.25, 0.3) is 0 Å². The third-order valence-corrected chi connectivity index (χ3v) is 4.47. The maximum absolute atomic E-state index is 12.8. The zero-order valence-electron chi connectivity index (χ0n) is 17.3. The Labute approximate surface area is 184 Å². The highest BCUT2D eigenvalue weighted by atomic mass is 79.9. The molecule has 1 atom stereocenters. The number of benzene rings is 2. The van der Waals surface area contributed by atoms with Gasteiger partial charge in [0.25, 0.3) is 5.91 Å². The summed E-state index contributed by atoms with van der Waals surface area (Å²) in [5.41, 5.74) is 0.880. The highest BCUT2D eigenvalue weighted by Crippen LogP contribution is 2.21. The lowest BCUT2D eigenvalue weighted by atomic mass is 10.0. The van der Waals surface area contributed by atoms with Gasteiger partial charge >= 0.3 is 12.1 Å². The van der Waals surface area contributed by atoms with Crippen molar-refractivity contribution in [3.8, 4) is 0 Å². The van der Waals surface area contributed by atoms with Crippen molar-refractivity contribution >= 4 is 39.6 Å². The van der Waals surface area contributed by atoms with E-state index < -0.39 is 23.7 Å². The largest absolute Gasteiger partial charge is 0.469 e. The van der Waals surface area contributed by atoms with Gasteiger partial charge < -0.3 is 14.8 Å². The van der Waals surface area contributed by atoms with Gasteiger partial charge in [0.1, 0.15) is 5.60 Å². The summed E-state index contributed by atoms with van der Waals surface area (Å²) >= 11 is 3.37. The first-order valence-corrected chi connectivity index (χ1v) is 10.1. The topological polar surface area (TPSA) is 93.7 Å². The molecule has 8 heteroatoms. The van der Waals surface area contributed by atoms with Gasteiger partial charge in [-0.2, -0.15) is 0 Å². The van der Waals surface area contributed by atoms with Crippen molar-refractivity contribution in [3.63, 3.8) is 0 Å². The molecular formula is C22H25BrN2O5. The summed E-state index contributed by atoms with van der Waals surface area (Å²) < 4.78 is 10.9. The predicted molar refractivity (Wildman–Crippen MR) is 117 cm³/mol. The van der Waals surface area contributed by atoms with Crippen molar-refractivity contribution in [1.82, 2.24) is 5.32 Å². The number of carbonyl (C=O) groups is 3. The molecule has 2 N–H and O–H groups in total. The molecule has 160 valence electrons. The van der Waals surface area contributed by atoms with Crippen LogP contribution in [0.5, 0.6) is 0 Å². The molecule has 0 aliphatic carbocycles. The van der Waals surface area contributed by atoms with Crippen LogP contribution in [-0.2, 0) is 14.3 Å². The molecule has 0 spiro atoms. The maximum atomic E-state index is 12.8. The molecule has 2 rings (SSSR count). The van der Waals surface area contributed by atoms with Crippen LogP contribution >= 0.6 is 15.9 Å². The Morgan fingerprint density at radius 3 is 2.33 bits per heavy atom. The van der Waals surface area contributed by atoms with Gasteiger partial charge in [0.05, 0.1) is 19.6 Å². The Kier molecular flexibility index (Phi) is 8.00. The first kappa shape index (κ1) is 23.4. The highest BCUT2D eigenvalue weighted by molar-refractivity contribution is 9.10. The zero-order valence-corrected chi connectivity index (χ0v) is 18.9. The lowest BCUT2D eigenvalue weighted by Crippen LogP contribution is -2.30. The van der Waals surface area contributed by atoms with E-state index in [1.54, 1.807) is 39.0 Å². The number of hydrogen-bond donors (Lipinski definition) is 2. The van der Waals surface area contributed by atoms with Gasteiger partial charge in [0.15, 0.2) is 0 Å². The average Bonchev–Trinajstić information content (AvgIpc) is 2.66. The van der Waals surface area contributed by atoms with E-state index in [2.05, 4.69) is 26.6 Å². The normalized spacial score (nSPS) is 11.9. The number of anilines is 1. The number of ether oxygens (including phenoxy) is 2. The molecule has 7 nitrogen and oxygen atoms in total. The number of rotatable bonds is 6. The number of methoxy groups -OCH3 is 1. The SMILES string of the molecule is COC(=O)CC(NC(=O)c1cccc(NC(=O)OC(C)(C)C)c1)c1ccc(Br)cc1. The second-order valence-corrected chi connectivity index (χ2v) is 8.48.